The van der Waals surface area contributed by atoms with Crippen LogP contribution in [0.1, 0.15) is 36.0 Å². The van der Waals surface area contributed by atoms with Gasteiger partial charge in [-0.15, -0.1) is 0 Å². The van der Waals surface area contributed by atoms with Gasteiger partial charge in [-0.2, -0.15) is 13.2 Å². The summed E-state index contributed by atoms with van der Waals surface area (Å²) in [5, 5.41) is 2.67. The normalized spacial score (nSPS) is 22.9. The molecule has 0 spiro atoms. The fourth-order valence-electron chi connectivity index (χ4n) is 2.50. The molecule has 0 atom stereocenters. The van der Waals surface area contributed by atoms with Gasteiger partial charge < -0.3 is 5.32 Å². The van der Waals surface area contributed by atoms with Crippen LogP contribution < -0.4 is 5.32 Å². The first-order valence-electron chi connectivity index (χ1n) is 6.60. The highest BCUT2D eigenvalue weighted by Crippen LogP contribution is 2.37. The van der Waals surface area contributed by atoms with Crippen molar-refractivity contribution in [3.05, 3.63) is 34.1 Å². The van der Waals surface area contributed by atoms with E-state index in [1.807, 2.05) is 0 Å². The fourth-order valence-corrected chi connectivity index (χ4v) is 2.93. The second kappa shape index (κ2) is 6.34. The van der Waals surface area contributed by atoms with E-state index in [1.165, 1.54) is 12.1 Å². The Morgan fingerprint density at radius 3 is 2.38 bits per heavy atom. The largest absolute Gasteiger partial charge is 0.391 e. The molecule has 0 bridgehead atoms. The van der Waals surface area contributed by atoms with Crippen molar-refractivity contribution in [3.63, 3.8) is 0 Å². The lowest BCUT2D eigenvalue weighted by molar-refractivity contribution is -0.182. The van der Waals surface area contributed by atoms with Gasteiger partial charge in [0, 0.05) is 10.5 Å². The molecule has 1 fully saturated rings. The number of benzene rings is 1. The van der Waals surface area contributed by atoms with Crippen molar-refractivity contribution in [2.75, 3.05) is 0 Å². The molecule has 0 unspecified atom stereocenters. The highest BCUT2D eigenvalue weighted by molar-refractivity contribution is 9.10. The molecule has 1 aromatic carbocycles. The molecule has 7 heteroatoms. The molecule has 1 saturated carbocycles. The minimum absolute atomic E-state index is 0.0127. The van der Waals surface area contributed by atoms with Crippen LogP contribution in [-0.2, 0) is 0 Å². The topological polar surface area (TPSA) is 29.1 Å². The van der Waals surface area contributed by atoms with Crippen LogP contribution in [0.5, 0.6) is 0 Å². The highest BCUT2D eigenvalue weighted by Gasteiger charge is 2.41. The summed E-state index contributed by atoms with van der Waals surface area (Å²) in [6, 6.07) is 3.44. The van der Waals surface area contributed by atoms with Crippen LogP contribution in [0.2, 0.25) is 0 Å². The number of rotatable bonds is 2. The predicted octanol–water partition coefficient (Wildman–Crippen LogP) is 4.44. The number of amides is 1. The first-order chi connectivity index (χ1) is 9.77. The Kier molecular flexibility index (Phi) is 4.91. The van der Waals surface area contributed by atoms with Crippen LogP contribution in [0.15, 0.2) is 22.7 Å². The van der Waals surface area contributed by atoms with Crippen LogP contribution in [0.25, 0.3) is 0 Å². The molecule has 0 aromatic heterocycles. The van der Waals surface area contributed by atoms with Crippen LogP contribution in [-0.4, -0.2) is 18.1 Å². The maximum absolute atomic E-state index is 13.1. The zero-order chi connectivity index (χ0) is 15.6. The molecule has 2 rings (SSSR count). The molecule has 116 valence electrons. The molecular weight excluding hydrogens is 354 g/mol. The molecule has 1 N–H and O–H groups in total. The number of halogens is 5. The van der Waals surface area contributed by atoms with E-state index in [1.54, 1.807) is 0 Å². The highest BCUT2D eigenvalue weighted by atomic mass is 79.9. The molecule has 0 saturated heterocycles. The van der Waals surface area contributed by atoms with Crippen molar-refractivity contribution in [2.24, 2.45) is 5.92 Å². The Balaban J connectivity index is 1.94. The third-order valence-electron chi connectivity index (χ3n) is 3.70. The van der Waals surface area contributed by atoms with E-state index in [0.29, 0.717) is 4.47 Å². The summed E-state index contributed by atoms with van der Waals surface area (Å²) >= 11 is 3.16. The summed E-state index contributed by atoms with van der Waals surface area (Å²) in [5.74, 6) is -2.30. The predicted molar refractivity (Wildman–Crippen MR) is 73.4 cm³/mol. The minimum Gasteiger partial charge on any atom is -0.349 e. The van der Waals surface area contributed by atoms with Gasteiger partial charge in [-0.3, -0.25) is 4.79 Å². The zero-order valence-corrected chi connectivity index (χ0v) is 12.6. The lowest BCUT2D eigenvalue weighted by Crippen LogP contribution is -2.40. The van der Waals surface area contributed by atoms with Gasteiger partial charge in [-0.1, -0.05) is 0 Å². The first-order valence-corrected chi connectivity index (χ1v) is 7.39. The lowest BCUT2D eigenvalue weighted by atomic mass is 9.85. The van der Waals surface area contributed by atoms with Gasteiger partial charge in [-0.25, -0.2) is 4.39 Å². The average Bonchev–Trinajstić information content (AvgIpc) is 2.41. The smallest absolute Gasteiger partial charge is 0.349 e. The number of nitrogens with one attached hydrogen (secondary N) is 1. The standard InChI is InChI=1S/C14H14BrF4NO/c15-12-6-3-9(16)7-11(12)13(21)20-10-4-1-8(2-5-10)14(17,18)19/h3,6-8,10H,1-2,4-5H2,(H,20,21). The van der Waals surface area contributed by atoms with Gasteiger partial charge in [0.2, 0.25) is 0 Å². The quantitative estimate of drug-likeness (QED) is 0.769. The summed E-state index contributed by atoms with van der Waals surface area (Å²) in [5.41, 5.74) is 0.146. The van der Waals surface area contributed by atoms with E-state index < -0.39 is 23.8 Å². The Morgan fingerprint density at radius 1 is 1.19 bits per heavy atom. The lowest BCUT2D eigenvalue weighted by Gasteiger charge is -2.30. The first kappa shape index (κ1) is 16.3. The van der Waals surface area contributed by atoms with Gasteiger partial charge >= 0.3 is 6.18 Å². The van der Waals surface area contributed by atoms with E-state index in [4.69, 9.17) is 0 Å². The number of alkyl halides is 3. The van der Waals surface area contributed by atoms with Crippen LogP contribution in [0.3, 0.4) is 0 Å². The molecule has 1 amide bonds. The van der Waals surface area contributed by atoms with Crippen molar-refractivity contribution in [1.29, 1.82) is 0 Å². The summed E-state index contributed by atoms with van der Waals surface area (Å²) in [6.07, 6.45) is -3.58. The second-order valence-electron chi connectivity index (χ2n) is 5.19. The molecule has 2 nitrogen and oxygen atoms in total. The van der Waals surface area contributed by atoms with E-state index in [9.17, 15) is 22.4 Å². The number of hydrogen-bond acceptors (Lipinski definition) is 1. The summed E-state index contributed by atoms with van der Waals surface area (Å²) in [6.45, 7) is 0. The van der Waals surface area contributed by atoms with Gasteiger partial charge in [0.05, 0.1) is 11.5 Å². The molecule has 1 aromatic rings. The number of carbonyl (C=O) groups excluding carboxylic acids is 1. The Morgan fingerprint density at radius 2 is 1.81 bits per heavy atom. The summed E-state index contributed by atoms with van der Waals surface area (Å²) in [4.78, 5) is 12.0. The van der Waals surface area contributed by atoms with Crippen molar-refractivity contribution in [1.82, 2.24) is 5.32 Å². The van der Waals surface area contributed by atoms with E-state index >= 15 is 0 Å². The van der Waals surface area contributed by atoms with E-state index in [0.717, 1.165) is 6.07 Å². The van der Waals surface area contributed by atoms with Crippen molar-refractivity contribution >= 4 is 21.8 Å². The van der Waals surface area contributed by atoms with E-state index in [-0.39, 0.29) is 37.3 Å². The molecule has 1 aliphatic carbocycles. The zero-order valence-electron chi connectivity index (χ0n) is 11.0. The maximum atomic E-state index is 13.1. The third kappa shape index (κ3) is 4.18. The van der Waals surface area contributed by atoms with Gasteiger partial charge in [0.15, 0.2) is 0 Å². The van der Waals surface area contributed by atoms with Crippen molar-refractivity contribution < 1.29 is 22.4 Å². The Labute approximate surface area is 128 Å². The van der Waals surface area contributed by atoms with Gasteiger partial charge in [0.25, 0.3) is 5.91 Å². The van der Waals surface area contributed by atoms with Crippen LogP contribution in [0.4, 0.5) is 17.6 Å². The Hall–Kier alpha value is -1.11. The van der Waals surface area contributed by atoms with E-state index in [2.05, 4.69) is 21.2 Å². The van der Waals surface area contributed by atoms with Crippen molar-refractivity contribution in [3.8, 4) is 0 Å². The molecule has 1 aliphatic rings. The average molecular weight is 368 g/mol. The summed E-state index contributed by atoms with van der Waals surface area (Å²) in [7, 11) is 0. The van der Waals surface area contributed by atoms with Gasteiger partial charge in [0.1, 0.15) is 5.82 Å². The van der Waals surface area contributed by atoms with Crippen LogP contribution in [0, 0.1) is 11.7 Å². The Bertz CT molecular complexity index is 524. The van der Waals surface area contributed by atoms with Crippen LogP contribution >= 0.6 is 15.9 Å². The fraction of sp³-hybridized carbons (Fsp3) is 0.500. The third-order valence-corrected chi connectivity index (χ3v) is 4.39. The minimum atomic E-state index is -4.17. The molecule has 0 radical (unpaired) electrons. The molecular formula is C14H14BrF4NO. The second-order valence-corrected chi connectivity index (χ2v) is 6.04. The van der Waals surface area contributed by atoms with Gasteiger partial charge in [-0.05, 0) is 59.8 Å². The number of carbonyl (C=O) groups is 1. The monoisotopic (exact) mass is 367 g/mol. The molecule has 21 heavy (non-hydrogen) atoms. The van der Waals surface area contributed by atoms with Crippen molar-refractivity contribution in [2.45, 2.75) is 37.9 Å². The maximum Gasteiger partial charge on any atom is 0.391 e. The summed E-state index contributed by atoms with van der Waals surface area (Å²) < 4.78 is 51.3. The molecule has 0 aliphatic heterocycles. The number of hydrogen-bond donors (Lipinski definition) is 1. The molecule has 0 heterocycles. The SMILES string of the molecule is O=C(NC1CCC(C(F)(F)F)CC1)c1cc(F)ccc1Br.